The van der Waals surface area contributed by atoms with Crippen LogP contribution >= 0.6 is 0 Å². The van der Waals surface area contributed by atoms with Gasteiger partial charge in [-0.3, -0.25) is 9.40 Å². The minimum Gasteiger partial charge on any atom is -0.395 e. The zero-order chi connectivity index (χ0) is 13.3. The van der Waals surface area contributed by atoms with Gasteiger partial charge in [-0.1, -0.05) is 6.07 Å². The van der Waals surface area contributed by atoms with Crippen molar-refractivity contribution in [3.05, 3.63) is 36.4 Å². The van der Waals surface area contributed by atoms with E-state index in [9.17, 15) is 12.8 Å². The van der Waals surface area contributed by atoms with Crippen molar-refractivity contribution in [1.82, 2.24) is 9.78 Å². The third-order valence-electron chi connectivity index (χ3n) is 2.26. The molecule has 8 heteroatoms. The van der Waals surface area contributed by atoms with E-state index in [1.807, 2.05) is 0 Å². The fraction of sp³-hybridized carbons (Fsp3) is 0.100. The van der Waals surface area contributed by atoms with Crippen molar-refractivity contribution in [2.75, 3.05) is 10.5 Å². The first-order chi connectivity index (χ1) is 8.40. The first-order valence-corrected chi connectivity index (χ1v) is 6.44. The van der Waals surface area contributed by atoms with Crippen molar-refractivity contribution in [1.29, 1.82) is 0 Å². The molecule has 1 aromatic carbocycles. The zero-order valence-corrected chi connectivity index (χ0v) is 10.3. The highest BCUT2D eigenvalue weighted by atomic mass is 32.2. The Morgan fingerprint density at radius 3 is 2.78 bits per heavy atom. The van der Waals surface area contributed by atoms with Gasteiger partial charge in [-0.15, -0.1) is 0 Å². The van der Waals surface area contributed by atoms with Crippen molar-refractivity contribution >= 4 is 21.4 Å². The maximum atomic E-state index is 13.2. The Hall–Kier alpha value is -2.09. The number of nitrogens with one attached hydrogen (secondary N) is 1. The average Bonchev–Trinajstić information content (AvgIpc) is 2.67. The van der Waals surface area contributed by atoms with Gasteiger partial charge in [0.1, 0.15) is 10.7 Å². The van der Waals surface area contributed by atoms with E-state index >= 15 is 0 Å². The first-order valence-electron chi connectivity index (χ1n) is 4.95. The molecule has 0 radical (unpaired) electrons. The Balaban J connectivity index is 2.40. The second kappa shape index (κ2) is 4.30. The minimum absolute atomic E-state index is 0.279. The van der Waals surface area contributed by atoms with E-state index in [4.69, 9.17) is 5.73 Å². The summed E-state index contributed by atoms with van der Waals surface area (Å²) >= 11 is 0. The van der Waals surface area contributed by atoms with Crippen LogP contribution in [-0.4, -0.2) is 18.2 Å². The summed E-state index contributed by atoms with van der Waals surface area (Å²) in [5.41, 5.74) is 5.28. The first kappa shape index (κ1) is 12.4. The molecule has 2 rings (SSSR count). The van der Waals surface area contributed by atoms with Crippen LogP contribution in [0.25, 0.3) is 0 Å². The van der Waals surface area contributed by atoms with Gasteiger partial charge in [0.2, 0.25) is 0 Å². The molecule has 0 unspecified atom stereocenters. The normalized spacial score (nSPS) is 11.4. The molecule has 6 nitrogen and oxygen atoms in total. The number of aryl methyl sites for hydroxylation is 1. The quantitative estimate of drug-likeness (QED) is 0.812. The number of sulfonamides is 1. The molecular formula is C10H11FN4O2S. The van der Waals surface area contributed by atoms with Crippen LogP contribution in [0.2, 0.25) is 0 Å². The van der Waals surface area contributed by atoms with Crippen LogP contribution in [0.4, 0.5) is 15.8 Å². The molecule has 3 N–H and O–H groups in total. The fourth-order valence-electron chi connectivity index (χ4n) is 1.44. The van der Waals surface area contributed by atoms with E-state index in [0.29, 0.717) is 0 Å². The molecular weight excluding hydrogens is 259 g/mol. The molecule has 0 aliphatic carbocycles. The predicted octanol–water partition coefficient (Wildman–Crippen LogP) is 0.942. The van der Waals surface area contributed by atoms with Crippen LogP contribution in [0, 0.1) is 5.82 Å². The van der Waals surface area contributed by atoms with Crippen molar-refractivity contribution < 1.29 is 12.8 Å². The number of rotatable bonds is 3. The lowest BCUT2D eigenvalue weighted by Crippen LogP contribution is -2.15. The standard InChI is InChI=1S/C10H11FN4O2S/c1-15-6-7(5-13-15)14-18(16,17)9-4-2-3-8(11)10(9)12/h2-6,14H,12H2,1H3. The Morgan fingerprint density at radius 1 is 1.44 bits per heavy atom. The molecule has 0 bridgehead atoms. The molecule has 96 valence electrons. The van der Waals surface area contributed by atoms with E-state index in [2.05, 4.69) is 9.82 Å². The van der Waals surface area contributed by atoms with Crippen molar-refractivity contribution in [3.8, 4) is 0 Å². The minimum atomic E-state index is -3.92. The van der Waals surface area contributed by atoms with Crippen LogP contribution in [0.15, 0.2) is 35.5 Å². The number of nitrogens with two attached hydrogens (primary N) is 1. The SMILES string of the molecule is Cn1cc(NS(=O)(=O)c2cccc(F)c2N)cn1. The Kier molecular flexibility index (Phi) is 2.95. The molecule has 0 atom stereocenters. The van der Waals surface area contributed by atoms with E-state index in [0.717, 1.165) is 6.07 Å². The summed E-state index contributed by atoms with van der Waals surface area (Å²) in [5.74, 6) is -0.774. The van der Waals surface area contributed by atoms with Gasteiger partial charge < -0.3 is 5.73 Å². The number of aromatic nitrogens is 2. The van der Waals surface area contributed by atoms with Gasteiger partial charge >= 0.3 is 0 Å². The average molecular weight is 270 g/mol. The molecule has 0 amide bonds. The van der Waals surface area contributed by atoms with Crippen LogP contribution in [0.3, 0.4) is 0 Å². The molecule has 0 aliphatic heterocycles. The number of hydrogen-bond donors (Lipinski definition) is 2. The summed E-state index contributed by atoms with van der Waals surface area (Å²) in [7, 11) is -2.27. The van der Waals surface area contributed by atoms with Crippen LogP contribution < -0.4 is 10.5 Å². The molecule has 0 fully saturated rings. The third-order valence-corrected chi connectivity index (χ3v) is 3.70. The van der Waals surface area contributed by atoms with E-state index in [1.165, 1.54) is 29.2 Å². The van der Waals surface area contributed by atoms with Gasteiger partial charge in [-0.05, 0) is 12.1 Å². The van der Waals surface area contributed by atoms with Crippen molar-refractivity contribution in [2.45, 2.75) is 4.90 Å². The molecule has 2 aromatic rings. The highest BCUT2D eigenvalue weighted by molar-refractivity contribution is 7.92. The number of benzene rings is 1. The fourth-order valence-corrected chi connectivity index (χ4v) is 2.61. The summed E-state index contributed by atoms with van der Waals surface area (Å²) in [6, 6.07) is 3.61. The maximum Gasteiger partial charge on any atom is 0.264 e. The number of hydrogen-bond acceptors (Lipinski definition) is 4. The molecule has 1 aromatic heterocycles. The number of nitrogen functional groups attached to an aromatic ring is 1. The molecule has 1 heterocycles. The van der Waals surface area contributed by atoms with Crippen molar-refractivity contribution in [2.24, 2.45) is 7.05 Å². The molecule has 0 aliphatic rings. The Labute approximate surface area is 103 Å². The maximum absolute atomic E-state index is 13.2. The smallest absolute Gasteiger partial charge is 0.264 e. The van der Waals surface area contributed by atoms with Crippen molar-refractivity contribution in [3.63, 3.8) is 0 Å². The largest absolute Gasteiger partial charge is 0.395 e. The van der Waals surface area contributed by atoms with Crippen LogP contribution in [-0.2, 0) is 17.1 Å². The molecule has 0 saturated heterocycles. The number of halogens is 1. The summed E-state index contributed by atoms with van der Waals surface area (Å²) in [5, 5.41) is 3.82. The lowest BCUT2D eigenvalue weighted by atomic mass is 10.3. The highest BCUT2D eigenvalue weighted by Gasteiger charge is 2.19. The number of para-hydroxylation sites is 1. The third kappa shape index (κ3) is 2.28. The lowest BCUT2D eigenvalue weighted by molar-refractivity contribution is 0.597. The van der Waals surface area contributed by atoms with E-state index < -0.39 is 21.5 Å². The summed E-state index contributed by atoms with van der Waals surface area (Å²) in [6.07, 6.45) is 2.82. The van der Waals surface area contributed by atoms with Gasteiger partial charge in [0, 0.05) is 13.2 Å². The van der Waals surface area contributed by atoms with E-state index in [1.54, 1.807) is 7.05 Å². The molecule has 0 spiro atoms. The van der Waals surface area contributed by atoms with Gasteiger partial charge in [0.25, 0.3) is 10.0 Å². The Morgan fingerprint density at radius 2 is 2.17 bits per heavy atom. The van der Waals surface area contributed by atoms with Gasteiger partial charge in [0.05, 0.1) is 17.6 Å². The zero-order valence-electron chi connectivity index (χ0n) is 9.46. The van der Waals surface area contributed by atoms with Gasteiger partial charge in [-0.25, -0.2) is 12.8 Å². The van der Waals surface area contributed by atoms with Gasteiger partial charge in [0.15, 0.2) is 0 Å². The topological polar surface area (TPSA) is 90.0 Å². The Bertz CT molecular complexity index is 681. The second-order valence-electron chi connectivity index (χ2n) is 3.66. The number of nitrogens with zero attached hydrogens (tertiary/aromatic N) is 2. The summed E-state index contributed by atoms with van der Waals surface area (Å²) in [6.45, 7) is 0. The van der Waals surface area contributed by atoms with Crippen LogP contribution in [0.5, 0.6) is 0 Å². The second-order valence-corrected chi connectivity index (χ2v) is 5.31. The van der Waals surface area contributed by atoms with Crippen LogP contribution in [0.1, 0.15) is 0 Å². The molecule has 0 saturated carbocycles. The summed E-state index contributed by atoms with van der Waals surface area (Å²) < 4.78 is 40.9. The highest BCUT2D eigenvalue weighted by Crippen LogP contribution is 2.23. The lowest BCUT2D eigenvalue weighted by Gasteiger charge is -2.08. The van der Waals surface area contributed by atoms with Gasteiger partial charge in [-0.2, -0.15) is 5.10 Å². The summed E-state index contributed by atoms with van der Waals surface area (Å²) in [4.78, 5) is -0.300. The predicted molar refractivity (Wildman–Crippen MR) is 64.8 cm³/mol. The monoisotopic (exact) mass is 270 g/mol. The van der Waals surface area contributed by atoms with E-state index in [-0.39, 0.29) is 10.6 Å². The molecule has 18 heavy (non-hydrogen) atoms. The number of anilines is 2.